The molecule has 0 unspecified atom stereocenters. The maximum Gasteiger partial charge on any atom is 0.285 e. The highest BCUT2D eigenvalue weighted by molar-refractivity contribution is 6.55. The zero-order valence-corrected chi connectivity index (χ0v) is 21.1. The quantitative estimate of drug-likeness (QED) is 0.470. The van der Waals surface area contributed by atoms with Crippen LogP contribution >= 0.6 is 0 Å². The van der Waals surface area contributed by atoms with E-state index in [-0.39, 0.29) is 12.4 Å². The predicted octanol–water partition coefficient (Wildman–Crippen LogP) is 4.16. The summed E-state index contributed by atoms with van der Waals surface area (Å²) < 4.78 is 0. The van der Waals surface area contributed by atoms with Gasteiger partial charge in [0.2, 0.25) is 0 Å². The number of imide groups is 2. The van der Waals surface area contributed by atoms with Gasteiger partial charge in [-0.3, -0.25) is 29.1 Å². The van der Waals surface area contributed by atoms with E-state index < -0.39 is 29.0 Å². The number of β-lactam (4-membered cyclic amide) rings is 4. The van der Waals surface area contributed by atoms with Gasteiger partial charge in [0, 0.05) is 25.1 Å². The number of nitrogens with zero attached hydrogens (tertiary/aromatic N) is 4. The van der Waals surface area contributed by atoms with Crippen molar-refractivity contribution in [2.75, 3.05) is 6.54 Å². The zero-order valence-electron chi connectivity index (χ0n) is 21.1. The van der Waals surface area contributed by atoms with Crippen molar-refractivity contribution in [2.45, 2.75) is 53.4 Å². The molecular formula is C28H30N4O4. The fraction of sp³-hybridized carbons (Fsp3) is 0.357. The molecule has 0 bridgehead atoms. The SMILES string of the molecule is CCC.CCC1=Nc2ccccc2C1.CCN1C(=O)C2(C1=O)C(=O)N(C1=Nc3ccccc3C1)C2=O. The summed E-state index contributed by atoms with van der Waals surface area (Å²) in [7, 11) is 0. The summed E-state index contributed by atoms with van der Waals surface area (Å²) >= 11 is 0. The second kappa shape index (κ2) is 9.97. The highest BCUT2D eigenvalue weighted by Crippen LogP contribution is 2.46. The maximum absolute atomic E-state index is 12.4. The van der Waals surface area contributed by atoms with Gasteiger partial charge in [-0.15, -0.1) is 0 Å². The molecule has 8 heteroatoms. The Balaban J connectivity index is 0.000000181. The summed E-state index contributed by atoms with van der Waals surface area (Å²) in [4.78, 5) is 59.2. The molecular weight excluding hydrogens is 456 g/mol. The lowest BCUT2D eigenvalue weighted by atomic mass is 9.68. The minimum Gasteiger partial charge on any atom is -0.279 e. The smallest absolute Gasteiger partial charge is 0.279 e. The molecule has 4 heterocycles. The number of aliphatic imine (C=N–C) groups is 2. The third-order valence-corrected chi connectivity index (χ3v) is 6.42. The molecule has 8 nitrogen and oxygen atoms in total. The van der Waals surface area contributed by atoms with Crippen molar-refractivity contribution in [1.82, 2.24) is 9.80 Å². The van der Waals surface area contributed by atoms with Gasteiger partial charge in [-0.05, 0) is 36.6 Å². The number of fused-ring (bicyclic) bond motifs is 2. The fourth-order valence-electron chi connectivity index (χ4n) is 4.54. The zero-order chi connectivity index (χ0) is 26.0. The Labute approximate surface area is 210 Å². The van der Waals surface area contributed by atoms with E-state index in [1.165, 1.54) is 23.4 Å². The van der Waals surface area contributed by atoms with Crippen LogP contribution in [-0.4, -0.2) is 51.5 Å². The Morgan fingerprint density at radius 3 is 1.69 bits per heavy atom. The van der Waals surface area contributed by atoms with Crippen molar-refractivity contribution < 1.29 is 19.2 Å². The van der Waals surface area contributed by atoms with Crippen LogP contribution in [0.2, 0.25) is 0 Å². The third-order valence-electron chi connectivity index (χ3n) is 6.42. The van der Waals surface area contributed by atoms with Crippen molar-refractivity contribution in [1.29, 1.82) is 0 Å². The number of amides is 4. The number of carbonyl (C=O) groups excluding carboxylic acids is 4. The first kappa shape index (κ1) is 25.2. The van der Waals surface area contributed by atoms with Gasteiger partial charge in [0.15, 0.2) is 0 Å². The average molecular weight is 487 g/mol. The molecule has 0 radical (unpaired) electrons. The van der Waals surface area contributed by atoms with Crippen molar-refractivity contribution in [3.05, 3.63) is 59.7 Å². The molecule has 186 valence electrons. The highest BCUT2D eigenvalue weighted by atomic mass is 16.2. The molecule has 0 aromatic heterocycles. The van der Waals surface area contributed by atoms with E-state index in [2.05, 4.69) is 49.0 Å². The number of rotatable bonds is 2. The Bertz CT molecular complexity index is 1280. The van der Waals surface area contributed by atoms with Gasteiger partial charge in [-0.25, -0.2) is 9.89 Å². The van der Waals surface area contributed by atoms with Crippen molar-refractivity contribution in [3.8, 4) is 0 Å². The van der Waals surface area contributed by atoms with Crippen LogP contribution in [0.5, 0.6) is 0 Å². The summed E-state index contributed by atoms with van der Waals surface area (Å²) in [6.07, 6.45) is 3.73. The van der Waals surface area contributed by atoms with Crippen LogP contribution in [0.25, 0.3) is 0 Å². The van der Waals surface area contributed by atoms with E-state index in [0.717, 1.165) is 28.2 Å². The summed E-state index contributed by atoms with van der Waals surface area (Å²) in [5.74, 6) is -2.71. The Morgan fingerprint density at radius 2 is 1.22 bits per heavy atom. The van der Waals surface area contributed by atoms with E-state index in [0.29, 0.717) is 12.1 Å². The monoisotopic (exact) mass is 486 g/mol. The van der Waals surface area contributed by atoms with E-state index in [9.17, 15) is 19.2 Å². The number of hydrogen-bond acceptors (Lipinski definition) is 6. The minimum atomic E-state index is -2.12. The van der Waals surface area contributed by atoms with Gasteiger partial charge in [-0.2, -0.15) is 0 Å². The number of amidine groups is 1. The molecule has 4 amide bonds. The number of likely N-dealkylation sites (tertiary alicyclic amines) is 2. The van der Waals surface area contributed by atoms with Crippen molar-refractivity contribution >= 4 is 46.6 Å². The predicted molar refractivity (Wildman–Crippen MR) is 137 cm³/mol. The van der Waals surface area contributed by atoms with Crippen LogP contribution in [0, 0.1) is 5.41 Å². The molecule has 0 saturated carbocycles. The van der Waals surface area contributed by atoms with Gasteiger partial charge >= 0.3 is 0 Å². The number of carbonyl (C=O) groups is 4. The first-order valence-electron chi connectivity index (χ1n) is 12.4. The van der Waals surface area contributed by atoms with E-state index >= 15 is 0 Å². The number of hydrogen-bond donors (Lipinski definition) is 0. The average Bonchev–Trinajstić information content (AvgIpc) is 3.49. The summed E-state index contributed by atoms with van der Waals surface area (Å²) in [5, 5.41) is 0. The third kappa shape index (κ3) is 3.77. The standard InChI is InChI=1S/C15H11N3O4.C10H11N.C3H8/c1-2-17-11(19)15(12(17)20)13(21)18(14(15)22)10-7-8-5-3-4-6-9(8)16-10;1-2-9-7-8-5-3-4-6-10(8)11-9;1-3-2/h3-6H,2,7H2,1H3;3-6H,2,7H2,1H3;3H2,1-2H3. The van der Waals surface area contributed by atoms with Crippen LogP contribution < -0.4 is 0 Å². The molecule has 0 atom stereocenters. The largest absolute Gasteiger partial charge is 0.285 e. The Hall–Kier alpha value is -3.94. The van der Waals surface area contributed by atoms with Gasteiger partial charge in [0.05, 0.1) is 11.4 Å². The van der Waals surface area contributed by atoms with Crippen LogP contribution in [-0.2, 0) is 32.0 Å². The van der Waals surface area contributed by atoms with E-state index in [1.807, 2.05) is 24.3 Å². The molecule has 0 N–H and O–H groups in total. The first-order valence-corrected chi connectivity index (χ1v) is 12.4. The number of para-hydroxylation sites is 2. The molecule has 4 aliphatic rings. The summed E-state index contributed by atoms with van der Waals surface area (Å²) in [6.45, 7) is 8.18. The van der Waals surface area contributed by atoms with Gasteiger partial charge in [0.1, 0.15) is 5.84 Å². The van der Waals surface area contributed by atoms with E-state index in [4.69, 9.17) is 0 Å². The van der Waals surface area contributed by atoms with Crippen LogP contribution in [0.3, 0.4) is 0 Å². The molecule has 2 saturated heterocycles. The first-order chi connectivity index (χ1) is 17.3. The van der Waals surface area contributed by atoms with Gasteiger partial charge in [0.25, 0.3) is 29.0 Å². The van der Waals surface area contributed by atoms with Crippen LogP contribution in [0.4, 0.5) is 11.4 Å². The summed E-state index contributed by atoms with van der Waals surface area (Å²) in [5.41, 5.74) is 3.34. The topological polar surface area (TPSA) is 99.5 Å². The molecule has 2 aromatic carbocycles. The number of benzene rings is 2. The lowest BCUT2D eigenvalue weighted by Crippen LogP contribution is -2.84. The molecule has 1 spiro atoms. The second-order valence-corrected chi connectivity index (χ2v) is 8.93. The van der Waals surface area contributed by atoms with Crippen molar-refractivity contribution in [2.24, 2.45) is 15.4 Å². The highest BCUT2D eigenvalue weighted by Gasteiger charge is 2.80. The molecule has 6 rings (SSSR count). The maximum atomic E-state index is 12.4. The second-order valence-electron chi connectivity index (χ2n) is 8.93. The molecule has 2 aromatic rings. The fourth-order valence-corrected chi connectivity index (χ4v) is 4.54. The van der Waals surface area contributed by atoms with Crippen LogP contribution in [0.1, 0.15) is 51.7 Å². The molecule has 36 heavy (non-hydrogen) atoms. The van der Waals surface area contributed by atoms with Crippen molar-refractivity contribution in [3.63, 3.8) is 0 Å². The normalized spacial score (nSPS) is 18.2. The minimum absolute atomic E-state index is 0.159. The van der Waals surface area contributed by atoms with Gasteiger partial charge in [-0.1, -0.05) is 63.6 Å². The lowest BCUT2D eigenvalue weighted by molar-refractivity contribution is -0.195. The molecule has 0 aliphatic carbocycles. The van der Waals surface area contributed by atoms with Crippen LogP contribution in [0.15, 0.2) is 58.5 Å². The van der Waals surface area contributed by atoms with E-state index in [1.54, 1.807) is 13.0 Å². The molecule has 2 fully saturated rings. The Morgan fingerprint density at radius 1 is 0.722 bits per heavy atom. The Kier molecular flexibility index (Phi) is 6.97. The molecule has 4 aliphatic heterocycles. The summed E-state index contributed by atoms with van der Waals surface area (Å²) in [6, 6.07) is 15.6. The lowest BCUT2D eigenvalue weighted by Gasteiger charge is -2.51. The van der Waals surface area contributed by atoms with Gasteiger partial charge < -0.3 is 0 Å².